The van der Waals surface area contributed by atoms with Crippen molar-refractivity contribution in [2.75, 3.05) is 26.2 Å². The molecule has 8 heteroatoms. The Morgan fingerprint density at radius 3 is 2.14 bits per heavy atom. The van der Waals surface area contributed by atoms with Gasteiger partial charge >= 0.3 is 0 Å². The zero-order valence-corrected chi connectivity index (χ0v) is 18.6. The third-order valence-electron chi connectivity index (χ3n) is 4.24. The first kappa shape index (κ1) is 24.5. The zero-order valence-electron chi connectivity index (χ0n) is 17.1. The number of hydrogen-bond acceptors (Lipinski definition) is 3. The largest absolute Gasteiger partial charge is 0.370 e. The van der Waals surface area contributed by atoms with Gasteiger partial charge in [-0.2, -0.15) is 0 Å². The van der Waals surface area contributed by atoms with Crippen LogP contribution in [0.2, 0.25) is 10.0 Å². The van der Waals surface area contributed by atoms with E-state index in [4.69, 9.17) is 34.7 Å². The molecule has 0 fully saturated rings. The SMILES string of the molecule is CCCCN(CCCC)CCCN=C(N)NC(N)=NCc1ccc(Cl)c(Cl)c1. The van der Waals surface area contributed by atoms with Gasteiger partial charge in [0.2, 0.25) is 0 Å². The number of rotatable bonds is 12. The van der Waals surface area contributed by atoms with E-state index in [0.717, 1.165) is 31.6 Å². The lowest BCUT2D eigenvalue weighted by atomic mass is 10.2. The maximum absolute atomic E-state index is 5.99. The lowest BCUT2D eigenvalue weighted by Crippen LogP contribution is -2.41. The van der Waals surface area contributed by atoms with Crippen molar-refractivity contribution in [3.05, 3.63) is 33.8 Å². The number of hydrogen-bond donors (Lipinski definition) is 3. The summed E-state index contributed by atoms with van der Waals surface area (Å²) in [4.78, 5) is 11.1. The molecule has 0 aliphatic carbocycles. The molecule has 0 aliphatic heterocycles. The summed E-state index contributed by atoms with van der Waals surface area (Å²) >= 11 is 11.9. The van der Waals surface area contributed by atoms with Crippen LogP contribution in [0.25, 0.3) is 0 Å². The van der Waals surface area contributed by atoms with Gasteiger partial charge in [0.15, 0.2) is 11.9 Å². The monoisotopic (exact) mass is 428 g/mol. The summed E-state index contributed by atoms with van der Waals surface area (Å²) in [7, 11) is 0. The number of nitrogens with one attached hydrogen (secondary N) is 1. The molecule has 0 unspecified atom stereocenters. The molecule has 0 atom stereocenters. The Balaban J connectivity index is 2.38. The van der Waals surface area contributed by atoms with Crippen molar-refractivity contribution in [2.24, 2.45) is 21.5 Å². The Morgan fingerprint density at radius 2 is 1.54 bits per heavy atom. The molecule has 0 radical (unpaired) electrons. The van der Waals surface area contributed by atoms with Crippen molar-refractivity contribution in [1.82, 2.24) is 10.2 Å². The van der Waals surface area contributed by atoms with Gasteiger partial charge in [-0.15, -0.1) is 0 Å². The summed E-state index contributed by atoms with van der Waals surface area (Å²) in [6.45, 7) is 8.84. The molecule has 28 heavy (non-hydrogen) atoms. The average Bonchev–Trinajstić information content (AvgIpc) is 2.67. The predicted octanol–water partition coefficient (Wildman–Crippen LogP) is 4.00. The maximum atomic E-state index is 5.99. The van der Waals surface area contributed by atoms with Crippen LogP contribution >= 0.6 is 23.2 Å². The lowest BCUT2D eigenvalue weighted by Gasteiger charge is -2.21. The molecule has 1 aromatic rings. The quantitative estimate of drug-likeness (QED) is 0.266. The Morgan fingerprint density at radius 1 is 0.929 bits per heavy atom. The van der Waals surface area contributed by atoms with Gasteiger partial charge in [-0.3, -0.25) is 10.3 Å². The molecule has 0 saturated heterocycles. The number of benzene rings is 1. The van der Waals surface area contributed by atoms with E-state index in [1.807, 2.05) is 6.07 Å². The minimum absolute atomic E-state index is 0.222. The van der Waals surface area contributed by atoms with E-state index >= 15 is 0 Å². The van der Waals surface area contributed by atoms with Crippen LogP contribution in [0.1, 0.15) is 51.5 Å². The van der Waals surface area contributed by atoms with E-state index < -0.39 is 0 Å². The normalized spacial score (nSPS) is 12.6. The van der Waals surface area contributed by atoms with E-state index in [9.17, 15) is 0 Å². The van der Waals surface area contributed by atoms with Crippen molar-refractivity contribution in [3.63, 3.8) is 0 Å². The highest BCUT2D eigenvalue weighted by molar-refractivity contribution is 6.42. The highest BCUT2D eigenvalue weighted by atomic mass is 35.5. The standard InChI is InChI=1S/C20H34Cl2N6/c1-3-5-11-28(12-6-4-2)13-7-10-25-19(23)27-20(24)26-15-16-8-9-17(21)18(22)14-16/h8-9,14H,3-7,10-13,15H2,1-2H3,(H5,23,24,25,26,27). The first-order valence-corrected chi connectivity index (χ1v) is 10.7. The van der Waals surface area contributed by atoms with Gasteiger partial charge in [0.05, 0.1) is 16.6 Å². The molecular formula is C20H34Cl2N6. The smallest absolute Gasteiger partial charge is 0.195 e. The van der Waals surface area contributed by atoms with Gasteiger partial charge in [-0.25, -0.2) is 4.99 Å². The third-order valence-corrected chi connectivity index (χ3v) is 4.98. The molecule has 0 amide bonds. The molecule has 0 aliphatic rings. The van der Waals surface area contributed by atoms with Crippen molar-refractivity contribution in [3.8, 4) is 0 Å². The number of halogens is 2. The molecule has 0 heterocycles. The van der Waals surface area contributed by atoms with Crippen LogP contribution in [0.5, 0.6) is 0 Å². The molecule has 1 aromatic carbocycles. The van der Waals surface area contributed by atoms with E-state index in [1.54, 1.807) is 12.1 Å². The molecular weight excluding hydrogens is 395 g/mol. The Kier molecular flexibility index (Phi) is 12.7. The summed E-state index contributed by atoms with van der Waals surface area (Å²) in [6.07, 6.45) is 5.89. The van der Waals surface area contributed by atoms with Gasteiger partial charge in [-0.05, 0) is 56.6 Å². The summed E-state index contributed by atoms with van der Waals surface area (Å²) < 4.78 is 0. The minimum atomic E-state index is 0.222. The summed E-state index contributed by atoms with van der Waals surface area (Å²) in [5.41, 5.74) is 12.7. The maximum Gasteiger partial charge on any atom is 0.195 e. The second-order valence-corrected chi connectivity index (χ2v) is 7.56. The fourth-order valence-electron chi connectivity index (χ4n) is 2.62. The van der Waals surface area contributed by atoms with Crippen molar-refractivity contribution < 1.29 is 0 Å². The molecule has 0 bridgehead atoms. The number of nitrogens with zero attached hydrogens (tertiary/aromatic N) is 3. The highest BCUT2D eigenvalue weighted by Crippen LogP contribution is 2.22. The lowest BCUT2D eigenvalue weighted by molar-refractivity contribution is 0.263. The molecule has 158 valence electrons. The number of aliphatic imine (C=N–C) groups is 2. The Hall–Kier alpha value is -1.50. The first-order chi connectivity index (χ1) is 13.5. The predicted molar refractivity (Wildman–Crippen MR) is 122 cm³/mol. The van der Waals surface area contributed by atoms with Crippen molar-refractivity contribution in [2.45, 2.75) is 52.5 Å². The van der Waals surface area contributed by atoms with Gasteiger partial charge in [0.1, 0.15) is 0 Å². The van der Waals surface area contributed by atoms with Gasteiger partial charge in [-0.1, -0.05) is 56.0 Å². The minimum Gasteiger partial charge on any atom is -0.370 e. The van der Waals surface area contributed by atoms with Crippen LogP contribution in [0.4, 0.5) is 0 Å². The third kappa shape index (κ3) is 10.7. The second-order valence-electron chi connectivity index (χ2n) is 6.74. The molecule has 5 N–H and O–H groups in total. The van der Waals surface area contributed by atoms with Crippen LogP contribution in [-0.4, -0.2) is 43.0 Å². The number of nitrogens with two attached hydrogens (primary N) is 2. The van der Waals surface area contributed by atoms with Crippen LogP contribution in [-0.2, 0) is 6.54 Å². The molecule has 0 saturated carbocycles. The molecule has 0 aromatic heterocycles. The number of unbranched alkanes of at least 4 members (excludes halogenated alkanes) is 2. The number of guanidine groups is 2. The summed E-state index contributed by atoms with van der Waals surface area (Å²) in [5, 5.41) is 3.82. The zero-order chi connectivity index (χ0) is 20.8. The topological polar surface area (TPSA) is 92.0 Å². The van der Waals surface area contributed by atoms with E-state index in [1.165, 1.54) is 25.7 Å². The molecule has 0 spiro atoms. The van der Waals surface area contributed by atoms with Gasteiger partial charge < -0.3 is 16.4 Å². The van der Waals surface area contributed by atoms with Gasteiger partial charge in [0.25, 0.3) is 0 Å². The van der Waals surface area contributed by atoms with Crippen LogP contribution in [0.15, 0.2) is 28.2 Å². The summed E-state index contributed by atoms with van der Waals surface area (Å²) in [5.74, 6) is 0.504. The van der Waals surface area contributed by atoms with Crippen LogP contribution in [0.3, 0.4) is 0 Å². The first-order valence-electron chi connectivity index (χ1n) is 9.99. The fraction of sp³-hybridized carbons (Fsp3) is 0.600. The summed E-state index contributed by atoms with van der Waals surface area (Å²) in [6, 6.07) is 5.35. The molecule has 6 nitrogen and oxygen atoms in total. The molecule has 1 rings (SSSR count). The van der Waals surface area contributed by atoms with E-state index in [2.05, 4.69) is 34.0 Å². The Bertz CT molecular complexity index is 625. The Labute approximate surface area is 179 Å². The van der Waals surface area contributed by atoms with Crippen LogP contribution < -0.4 is 16.8 Å². The second kappa shape index (κ2) is 14.5. The van der Waals surface area contributed by atoms with Gasteiger partial charge in [0, 0.05) is 6.54 Å². The van der Waals surface area contributed by atoms with Crippen molar-refractivity contribution >= 4 is 35.1 Å². The van der Waals surface area contributed by atoms with Crippen LogP contribution in [0, 0.1) is 0 Å². The fourth-order valence-corrected chi connectivity index (χ4v) is 2.94. The van der Waals surface area contributed by atoms with E-state index in [-0.39, 0.29) is 11.9 Å². The average molecular weight is 429 g/mol. The van der Waals surface area contributed by atoms with E-state index in [0.29, 0.717) is 23.1 Å². The highest BCUT2D eigenvalue weighted by Gasteiger charge is 2.04. The van der Waals surface area contributed by atoms with Crippen molar-refractivity contribution in [1.29, 1.82) is 0 Å².